The van der Waals surface area contributed by atoms with E-state index in [0.29, 0.717) is 22.7 Å². The van der Waals surface area contributed by atoms with E-state index in [0.717, 1.165) is 22.5 Å². The van der Waals surface area contributed by atoms with Crippen molar-refractivity contribution in [3.8, 4) is 0 Å². The van der Waals surface area contributed by atoms with Crippen LogP contribution in [0.2, 0.25) is 5.02 Å². The number of thioether (sulfide) groups is 1. The largest absolute Gasteiger partial charge is 0.417 e. The zero-order chi connectivity index (χ0) is 21.2. The molecule has 6 nitrogen and oxygen atoms in total. The van der Waals surface area contributed by atoms with Crippen LogP contribution in [0, 0.1) is 0 Å². The third kappa shape index (κ3) is 4.70. The van der Waals surface area contributed by atoms with Crippen molar-refractivity contribution >= 4 is 40.0 Å². The molecule has 1 amide bonds. The van der Waals surface area contributed by atoms with E-state index in [1.54, 1.807) is 24.3 Å². The van der Waals surface area contributed by atoms with E-state index in [1.165, 1.54) is 7.05 Å². The van der Waals surface area contributed by atoms with Gasteiger partial charge in [0.05, 0.1) is 16.0 Å². The Kier molecular flexibility index (Phi) is 6.13. The molecule has 0 bridgehead atoms. The summed E-state index contributed by atoms with van der Waals surface area (Å²) in [5.41, 5.74) is -1.12. The van der Waals surface area contributed by atoms with Crippen LogP contribution < -0.4 is 10.9 Å². The van der Waals surface area contributed by atoms with Gasteiger partial charge in [0.1, 0.15) is 5.03 Å². The summed E-state index contributed by atoms with van der Waals surface area (Å²) >= 11 is 6.97. The summed E-state index contributed by atoms with van der Waals surface area (Å²) in [6, 6.07) is 7.47. The monoisotopic (exact) mass is 442 g/mol. The van der Waals surface area contributed by atoms with Crippen LogP contribution in [-0.4, -0.2) is 33.0 Å². The Morgan fingerprint density at radius 3 is 2.62 bits per heavy atom. The fourth-order valence-electron chi connectivity index (χ4n) is 2.55. The fourth-order valence-corrected chi connectivity index (χ4v) is 3.60. The van der Waals surface area contributed by atoms with E-state index in [1.807, 2.05) is 0 Å². The second kappa shape index (κ2) is 8.42. The predicted molar refractivity (Wildman–Crippen MR) is 104 cm³/mol. The molecule has 0 aliphatic heterocycles. The smallest absolute Gasteiger partial charge is 0.350 e. The molecule has 1 aromatic carbocycles. The van der Waals surface area contributed by atoms with Crippen LogP contribution in [0.4, 0.5) is 13.2 Å². The lowest BCUT2D eigenvalue weighted by molar-refractivity contribution is -0.137. The molecule has 0 spiro atoms. The molecule has 3 rings (SSSR count). The lowest BCUT2D eigenvalue weighted by atomic mass is 10.1. The van der Waals surface area contributed by atoms with Crippen molar-refractivity contribution in [2.24, 2.45) is 7.05 Å². The predicted octanol–water partition coefficient (Wildman–Crippen LogP) is 3.52. The molecule has 0 fully saturated rings. The second-order valence-electron chi connectivity index (χ2n) is 5.94. The number of benzene rings is 1. The number of pyridine rings is 1. The third-order valence-corrected chi connectivity index (χ3v) is 5.34. The summed E-state index contributed by atoms with van der Waals surface area (Å²) in [6.07, 6.45) is -3.80. The Morgan fingerprint density at radius 1 is 1.28 bits per heavy atom. The SMILES string of the molecule is Cn1nc(C(=O)NCCSc2ncc(C(F)(F)F)cc2Cl)c2ccccc2c1=O. The third-order valence-electron chi connectivity index (χ3n) is 3.93. The highest BCUT2D eigenvalue weighted by Gasteiger charge is 2.31. The van der Waals surface area contributed by atoms with Gasteiger partial charge in [0.15, 0.2) is 5.69 Å². The van der Waals surface area contributed by atoms with Crippen LogP contribution in [0.3, 0.4) is 0 Å². The summed E-state index contributed by atoms with van der Waals surface area (Å²) in [7, 11) is 1.46. The summed E-state index contributed by atoms with van der Waals surface area (Å²) in [4.78, 5) is 28.3. The minimum atomic E-state index is -4.51. The van der Waals surface area contributed by atoms with Crippen molar-refractivity contribution < 1.29 is 18.0 Å². The Labute approximate surface area is 172 Å². The Bertz CT molecular complexity index is 1130. The summed E-state index contributed by atoms with van der Waals surface area (Å²) in [6.45, 7) is 0.196. The van der Waals surface area contributed by atoms with E-state index in [4.69, 9.17) is 11.6 Å². The van der Waals surface area contributed by atoms with Gasteiger partial charge in [0.2, 0.25) is 0 Å². The van der Waals surface area contributed by atoms with Crippen molar-refractivity contribution in [2.45, 2.75) is 11.2 Å². The number of hydrogen-bond acceptors (Lipinski definition) is 5. The molecule has 0 saturated carbocycles. The van der Waals surface area contributed by atoms with Gasteiger partial charge in [-0.3, -0.25) is 9.59 Å². The lowest BCUT2D eigenvalue weighted by Crippen LogP contribution is -2.30. The van der Waals surface area contributed by atoms with Gasteiger partial charge in [-0.05, 0) is 12.1 Å². The Morgan fingerprint density at radius 2 is 1.97 bits per heavy atom. The van der Waals surface area contributed by atoms with Gasteiger partial charge < -0.3 is 5.32 Å². The molecule has 2 heterocycles. The number of nitrogens with zero attached hydrogens (tertiary/aromatic N) is 3. The number of rotatable bonds is 5. The van der Waals surface area contributed by atoms with Gasteiger partial charge in [-0.2, -0.15) is 18.3 Å². The van der Waals surface area contributed by atoms with Crippen LogP contribution in [-0.2, 0) is 13.2 Å². The average molecular weight is 443 g/mol. The van der Waals surface area contributed by atoms with E-state index in [9.17, 15) is 22.8 Å². The Hall–Kier alpha value is -2.59. The maximum Gasteiger partial charge on any atom is 0.417 e. The number of alkyl halides is 3. The number of halogens is 4. The fraction of sp³-hybridized carbons (Fsp3) is 0.222. The van der Waals surface area contributed by atoms with Crippen LogP contribution in [0.25, 0.3) is 10.8 Å². The van der Waals surface area contributed by atoms with Crippen molar-refractivity contribution in [1.29, 1.82) is 0 Å². The maximum atomic E-state index is 12.6. The summed E-state index contributed by atoms with van der Waals surface area (Å²) in [5, 5.41) is 7.65. The van der Waals surface area contributed by atoms with E-state index >= 15 is 0 Å². The Balaban J connectivity index is 1.65. The first-order chi connectivity index (χ1) is 13.7. The average Bonchev–Trinajstić information content (AvgIpc) is 2.68. The molecular weight excluding hydrogens is 429 g/mol. The first-order valence-corrected chi connectivity index (χ1v) is 9.64. The van der Waals surface area contributed by atoms with Crippen molar-refractivity contribution in [1.82, 2.24) is 20.1 Å². The lowest BCUT2D eigenvalue weighted by Gasteiger charge is -2.10. The molecule has 3 aromatic rings. The van der Waals surface area contributed by atoms with Gasteiger partial charge in [-0.25, -0.2) is 9.67 Å². The molecule has 152 valence electrons. The summed E-state index contributed by atoms with van der Waals surface area (Å²) in [5.74, 6) is -0.142. The number of hydrogen-bond donors (Lipinski definition) is 1. The molecule has 11 heteroatoms. The van der Waals surface area contributed by atoms with E-state index in [-0.39, 0.29) is 27.8 Å². The van der Waals surface area contributed by atoms with Crippen molar-refractivity contribution in [2.75, 3.05) is 12.3 Å². The summed E-state index contributed by atoms with van der Waals surface area (Å²) < 4.78 is 39.0. The van der Waals surface area contributed by atoms with Gasteiger partial charge in [-0.15, -0.1) is 11.8 Å². The first kappa shape index (κ1) is 21.1. The standard InChI is InChI=1S/C18H14ClF3N4O2S/c1-26-17(28)12-5-3-2-4-11(12)14(25-26)15(27)23-6-7-29-16-13(19)8-10(9-24-16)18(20,21)22/h2-5,8-9H,6-7H2,1H3,(H,23,27). The number of nitrogens with one attached hydrogen (secondary N) is 1. The van der Waals surface area contributed by atoms with Crippen LogP contribution in [0.5, 0.6) is 0 Å². The molecule has 0 radical (unpaired) electrons. The minimum Gasteiger partial charge on any atom is -0.350 e. The van der Waals surface area contributed by atoms with E-state index < -0.39 is 17.6 Å². The molecule has 1 N–H and O–H groups in total. The van der Waals surface area contributed by atoms with Gasteiger partial charge >= 0.3 is 6.18 Å². The highest BCUT2D eigenvalue weighted by molar-refractivity contribution is 7.99. The van der Waals surface area contributed by atoms with Crippen molar-refractivity contribution in [3.05, 3.63) is 63.2 Å². The normalized spacial score (nSPS) is 11.6. The molecule has 0 atom stereocenters. The maximum absolute atomic E-state index is 12.6. The number of amides is 1. The molecule has 2 aromatic heterocycles. The van der Waals surface area contributed by atoms with Gasteiger partial charge in [-0.1, -0.05) is 29.8 Å². The van der Waals surface area contributed by atoms with Crippen LogP contribution in [0.15, 0.2) is 46.3 Å². The molecule has 0 unspecified atom stereocenters. The molecular formula is C18H14ClF3N4O2S. The minimum absolute atomic E-state index is 0.109. The zero-order valence-electron chi connectivity index (χ0n) is 15.0. The highest BCUT2D eigenvalue weighted by atomic mass is 35.5. The van der Waals surface area contributed by atoms with Gasteiger partial charge in [0.25, 0.3) is 11.5 Å². The van der Waals surface area contributed by atoms with Crippen LogP contribution >= 0.6 is 23.4 Å². The quantitative estimate of drug-likeness (QED) is 0.483. The number of carbonyl (C=O) groups is 1. The highest BCUT2D eigenvalue weighted by Crippen LogP contribution is 2.33. The van der Waals surface area contributed by atoms with Gasteiger partial charge in [0, 0.05) is 30.9 Å². The number of aromatic nitrogens is 3. The van der Waals surface area contributed by atoms with E-state index in [2.05, 4.69) is 15.4 Å². The molecule has 0 aliphatic carbocycles. The van der Waals surface area contributed by atoms with Crippen LogP contribution in [0.1, 0.15) is 16.1 Å². The number of aryl methyl sites for hydroxylation is 1. The van der Waals surface area contributed by atoms with Crippen molar-refractivity contribution in [3.63, 3.8) is 0 Å². The molecule has 29 heavy (non-hydrogen) atoms. The second-order valence-corrected chi connectivity index (χ2v) is 7.43. The number of carbonyl (C=O) groups excluding carboxylic acids is 1. The first-order valence-electron chi connectivity index (χ1n) is 8.28. The molecule has 0 saturated heterocycles. The number of fused-ring (bicyclic) bond motifs is 1. The topological polar surface area (TPSA) is 76.9 Å². The molecule has 0 aliphatic rings. The zero-order valence-corrected chi connectivity index (χ0v) is 16.5.